The zero-order valence-corrected chi connectivity index (χ0v) is 15.5. The van der Waals surface area contributed by atoms with Crippen LogP contribution in [0.1, 0.15) is 21.9 Å². The highest BCUT2D eigenvalue weighted by Gasteiger charge is 2.19. The summed E-state index contributed by atoms with van der Waals surface area (Å²) >= 11 is 0. The summed E-state index contributed by atoms with van der Waals surface area (Å²) in [5, 5.41) is 8.89. The molecule has 27 heavy (non-hydrogen) atoms. The molecule has 8 heteroatoms. The Labute approximate surface area is 157 Å². The first-order valence-corrected chi connectivity index (χ1v) is 8.79. The fourth-order valence-corrected chi connectivity index (χ4v) is 3.32. The molecular formula is C19H23N5O3. The van der Waals surface area contributed by atoms with Crippen molar-refractivity contribution in [1.82, 2.24) is 14.9 Å². The number of aryl methyl sites for hydroxylation is 2. The van der Waals surface area contributed by atoms with Crippen molar-refractivity contribution in [2.24, 2.45) is 5.73 Å². The van der Waals surface area contributed by atoms with Gasteiger partial charge in [-0.05, 0) is 26.0 Å². The van der Waals surface area contributed by atoms with Crippen LogP contribution in [0.3, 0.4) is 0 Å². The van der Waals surface area contributed by atoms with Gasteiger partial charge in [-0.1, -0.05) is 12.1 Å². The van der Waals surface area contributed by atoms with Gasteiger partial charge < -0.3 is 15.7 Å². The van der Waals surface area contributed by atoms with Gasteiger partial charge in [0, 0.05) is 37.4 Å². The molecule has 1 aliphatic rings. The predicted octanol–water partition coefficient (Wildman–Crippen LogP) is 1.07. The molecular weight excluding hydrogens is 346 g/mol. The molecule has 8 nitrogen and oxygen atoms in total. The molecule has 3 N–H and O–H groups in total. The number of piperazine rings is 1. The number of hydrogen-bond donors (Lipinski definition) is 2. The van der Waals surface area contributed by atoms with Crippen LogP contribution in [0.15, 0.2) is 24.3 Å². The van der Waals surface area contributed by atoms with Gasteiger partial charge in [0.25, 0.3) is 5.91 Å². The van der Waals surface area contributed by atoms with E-state index in [2.05, 4.69) is 14.9 Å². The van der Waals surface area contributed by atoms with Gasteiger partial charge >= 0.3 is 5.97 Å². The number of carbonyl (C=O) groups excluding carboxylic acids is 1. The number of amides is 1. The maximum atomic E-state index is 11.5. The van der Waals surface area contributed by atoms with Crippen molar-refractivity contribution in [3.05, 3.63) is 41.3 Å². The van der Waals surface area contributed by atoms with Crippen LogP contribution < -0.4 is 10.6 Å². The normalized spacial score (nSPS) is 15.0. The van der Waals surface area contributed by atoms with Gasteiger partial charge in [-0.15, -0.1) is 0 Å². The second kappa shape index (κ2) is 7.71. The Morgan fingerprint density at radius 3 is 2.22 bits per heavy atom. The Balaban J connectivity index is 1.76. The van der Waals surface area contributed by atoms with Crippen molar-refractivity contribution in [1.29, 1.82) is 0 Å². The van der Waals surface area contributed by atoms with Crippen molar-refractivity contribution in [2.75, 3.05) is 37.6 Å². The maximum absolute atomic E-state index is 11.5. The molecule has 0 radical (unpaired) electrons. The number of nitrogens with zero attached hydrogens (tertiary/aromatic N) is 4. The second-order valence-corrected chi connectivity index (χ2v) is 6.66. The van der Waals surface area contributed by atoms with Crippen molar-refractivity contribution in [3.63, 3.8) is 0 Å². The lowest BCUT2D eigenvalue weighted by Crippen LogP contribution is -2.47. The minimum absolute atomic E-state index is 0.0837. The van der Waals surface area contributed by atoms with E-state index >= 15 is 0 Å². The van der Waals surface area contributed by atoms with Gasteiger partial charge in [0.15, 0.2) is 0 Å². The molecule has 1 aromatic carbocycles. The summed E-state index contributed by atoms with van der Waals surface area (Å²) < 4.78 is 0. The van der Waals surface area contributed by atoms with Crippen LogP contribution in [0.25, 0.3) is 11.3 Å². The van der Waals surface area contributed by atoms with E-state index in [9.17, 15) is 9.59 Å². The predicted molar refractivity (Wildman–Crippen MR) is 102 cm³/mol. The highest BCUT2D eigenvalue weighted by atomic mass is 16.4. The van der Waals surface area contributed by atoms with E-state index in [0.29, 0.717) is 11.4 Å². The Morgan fingerprint density at radius 2 is 1.67 bits per heavy atom. The Hall–Kier alpha value is -3.00. The third kappa shape index (κ3) is 4.22. The fourth-order valence-electron chi connectivity index (χ4n) is 3.32. The zero-order chi connectivity index (χ0) is 19.6. The largest absolute Gasteiger partial charge is 0.480 e. The summed E-state index contributed by atoms with van der Waals surface area (Å²) in [7, 11) is 0. The summed E-state index contributed by atoms with van der Waals surface area (Å²) in [6, 6.07) is 7.92. The van der Waals surface area contributed by atoms with Crippen molar-refractivity contribution in [2.45, 2.75) is 13.8 Å². The number of anilines is 1. The molecule has 1 saturated heterocycles. The lowest BCUT2D eigenvalue weighted by Gasteiger charge is -2.35. The van der Waals surface area contributed by atoms with Gasteiger partial charge in [0.05, 0.1) is 23.6 Å². The molecule has 0 saturated carbocycles. The van der Waals surface area contributed by atoms with E-state index in [1.165, 1.54) is 0 Å². The van der Waals surface area contributed by atoms with Crippen LogP contribution in [0.5, 0.6) is 0 Å². The third-order valence-electron chi connectivity index (χ3n) is 4.71. The number of carboxylic acid groups (broad SMARTS) is 1. The molecule has 1 aromatic heterocycles. The molecule has 0 aliphatic carbocycles. The lowest BCUT2D eigenvalue weighted by molar-refractivity contribution is -0.138. The molecule has 0 atom stereocenters. The maximum Gasteiger partial charge on any atom is 0.317 e. The number of aromatic nitrogens is 2. The number of nitrogens with two attached hydrogens (primary N) is 1. The Bertz CT molecular complexity index is 858. The number of rotatable bonds is 5. The van der Waals surface area contributed by atoms with Crippen LogP contribution >= 0.6 is 0 Å². The highest BCUT2D eigenvalue weighted by molar-refractivity contribution is 5.92. The van der Waals surface area contributed by atoms with Gasteiger partial charge in [-0.2, -0.15) is 0 Å². The summed E-state index contributed by atoms with van der Waals surface area (Å²) in [4.78, 5) is 35.3. The number of aliphatic carboxylic acids is 1. The number of hydrogen-bond acceptors (Lipinski definition) is 6. The van der Waals surface area contributed by atoms with Crippen LogP contribution in [0.4, 0.5) is 5.69 Å². The van der Waals surface area contributed by atoms with E-state index in [1.807, 2.05) is 36.1 Å². The SMILES string of the molecule is Cc1nc(C)c(-c2ccc(N3CCN(CC(=O)O)CC3)cc2)nc1C(N)=O. The summed E-state index contributed by atoms with van der Waals surface area (Å²) in [5.41, 5.74) is 9.43. The van der Waals surface area contributed by atoms with Crippen LogP contribution in [-0.2, 0) is 4.79 Å². The molecule has 0 bridgehead atoms. The molecule has 2 heterocycles. The van der Waals surface area contributed by atoms with E-state index in [1.54, 1.807) is 6.92 Å². The zero-order valence-electron chi connectivity index (χ0n) is 15.5. The van der Waals surface area contributed by atoms with E-state index in [-0.39, 0.29) is 12.2 Å². The Kier molecular flexibility index (Phi) is 5.36. The monoisotopic (exact) mass is 369 g/mol. The summed E-state index contributed by atoms with van der Waals surface area (Å²) in [6.07, 6.45) is 0. The molecule has 1 fully saturated rings. The molecule has 1 amide bonds. The standard InChI is InChI=1S/C19H23N5O3/c1-12-17(22-18(19(20)27)13(2)21-12)14-3-5-15(6-4-14)24-9-7-23(8-10-24)11-16(25)26/h3-6H,7-11H2,1-2H3,(H2,20,27)(H,25,26). The van der Waals surface area contributed by atoms with E-state index in [4.69, 9.17) is 10.8 Å². The van der Waals surface area contributed by atoms with Crippen molar-refractivity contribution < 1.29 is 14.7 Å². The van der Waals surface area contributed by atoms with Crippen LogP contribution in [-0.4, -0.2) is 64.6 Å². The second-order valence-electron chi connectivity index (χ2n) is 6.66. The smallest absolute Gasteiger partial charge is 0.317 e. The molecule has 3 rings (SSSR count). The van der Waals surface area contributed by atoms with Crippen LogP contribution in [0, 0.1) is 13.8 Å². The average Bonchev–Trinajstić information content (AvgIpc) is 2.62. The quantitative estimate of drug-likeness (QED) is 0.810. The van der Waals surface area contributed by atoms with Crippen LogP contribution in [0.2, 0.25) is 0 Å². The Morgan fingerprint density at radius 1 is 1.04 bits per heavy atom. The summed E-state index contributed by atoms with van der Waals surface area (Å²) in [6.45, 7) is 6.66. The van der Waals surface area contributed by atoms with Crippen molar-refractivity contribution in [3.8, 4) is 11.3 Å². The third-order valence-corrected chi connectivity index (χ3v) is 4.71. The van der Waals surface area contributed by atoms with E-state index < -0.39 is 11.9 Å². The number of carboxylic acids is 1. The molecule has 0 spiro atoms. The van der Waals surface area contributed by atoms with Gasteiger partial charge in [-0.25, -0.2) is 4.98 Å². The minimum atomic E-state index is -0.794. The average molecular weight is 369 g/mol. The number of primary amides is 1. The molecule has 1 aliphatic heterocycles. The van der Waals surface area contributed by atoms with E-state index in [0.717, 1.165) is 43.1 Å². The number of carbonyl (C=O) groups is 2. The summed E-state index contributed by atoms with van der Waals surface area (Å²) in [5.74, 6) is -1.38. The molecule has 2 aromatic rings. The lowest BCUT2D eigenvalue weighted by atomic mass is 10.1. The van der Waals surface area contributed by atoms with Gasteiger partial charge in [0.2, 0.25) is 0 Å². The van der Waals surface area contributed by atoms with Gasteiger partial charge in [-0.3, -0.25) is 19.5 Å². The minimum Gasteiger partial charge on any atom is -0.480 e. The first-order chi connectivity index (χ1) is 12.8. The molecule has 0 unspecified atom stereocenters. The van der Waals surface area contributed by atoms with Gasteiger partial charge in [0.1, 0.15) is 5.69 Å². The fraction of sp³-hybridized carbons (Fsp3) is 0.368. The first kappa shape index (κ1) is 18.8. The highest BCUT2D eigenvalue weighted by Crippen LogP contribution is 2.25. The number of benzene rings is 1. The topological polar surface area (TPSA) is 113 Å². The van der Waals surface area contributed by atoms with Crippen molar-refractivity contribution >= 4 is 17.6 Å². The first-order valence-electron chi connectivity index (χ1n) is 8.79. The molecule has 142 valence electrons.